The van der Waals surface area contributed by atoms with Gasteiger partial charge in [0.25, 0.3) is 5.78 Å². The lowest BCUT2D eigenvalue weighted by Gasteiger charge is -2.04. The molecule has 0 atom stereocenters. The minimum absolute atomic E-state index is 0.538. The van der Waals surface area contributed by atoms with Gasteiger partial charge in [-0.15, -0.1) is 5.10 Å². The topological polar surface area (TPSA) is 76.1 Å². The van der Waals surface area contributed by atoms with Gasteiger partial charge in [0.2, 0.25) is 5.16 Å². The van der Waals surface area contributed by atoms with Gasteiger partial charge in [-0.2, -0.15) is 10.2 Å². The van der Waals surface area contributed by atoms with Crippen LogP contribution in [-0.4, -0.2) is 31.9 Å². The molecule has 1 aromatic carbocycles. The SMILES string of the molecule is Cc1nc2nc(SCCOc3ccc(C#N)cc3)nn2c(C)c1C. The number of ether oxygens (including phenoxy) is 1. The summed E-state index contributed by atoms with van der Waals surface area (Å²) in [7, 11) is 0. The molecular formula is C17H17N5OS. The predicted octanol–water partition coefficient (Wildman–Crippen LogP) is 3.09. The number of hydrogen-bond donors (Lipinski definition) is 0. The van der Waals surface area contributed by atoms with Crippen LogP contribution in [0, 0.1) is 32.1 Å². The Morgan fingerprint density at radius 3 is 2.62 bits per heavy atom. The Morgan fingerprint density at radius 2 is 1.92 bits per heavy atom. The first-order valence-electron chi connectivity index (χ1n) is 7.55. The third-order valence-corrected chi connectivity index (χ3v) is 4.61. The maximum absolute atomic E-state index is 8.77. The van der Waals surface area contributed by atoms with E-state index in [2.05, 4.69) is 21.1 Å². The summed E-state index contributed by atoms with van der Waals surface area (Å²) in [5, 5.41) is 14.0. The number of thioether (sulfide) groups is 1. The Morgan fingerprint density at radius 1 is 1.17 bits per heavy atom. The molecule has 3 aromatic rings. The molecule has 0 radical (unpaired) electrons. The van der Waals surface area contributed by atoms with Crippen LogP contribution >= 0.6 is 11.8 Å². The van der Waals surface area contributed by atoms with Crippen LogP contribution in [0.4, 0.5) is 0 Å². The lowest BCUT2D eigenvalue weighted by molar-refractivity contribution is 0.344. The highest BCUT2D eigenvalue weighted by molar-refractivity contribution is 7.99. The average Bonchev–Trinajstić information content (AvgIpc) is 3.00. The fraction of sp³-hybridized carbons (Fsp3) is 0.294. The first kappa shape index (κ1) is 16.3. The van der Waals surface area contributed by atoms with Crippen LogP contribution in [0.25, 0.3) is 5.78 Å². The van der Waals surface area contributed by atoms with Crippen LogP contribution < -0.4 is 4.74 Å². The fourth-order valence-corrected chi connectivity index (χ4v) is 2.85. The number of hydrogen-bond acceptors (Lipinski definition) is 6. The standard InChI is InChI=1S/C17H17N5OS/c1-11-12(2)19-16-20-17(21-22(16)13(11)3)24-9-8-23-15-6-4-14(10-18)5-7-15/h4-7H,8-9H2,1-3H3. The second-order valence-corrected chi connectivity index (χ2v) is 6.41. The van der Waals surface area contributed by atoms with Crippen molar-refractivity contribution in [2.24, 2.45) is 0 Å². The maximum Gasteiger partial charge on any atom is 0.253 e. The van der Waals surface area contributed by atoms with E-state index in [0.29, 0.717) is 23.1 Å². The van der Waals surface area contributed by atoms with Crippen molar-refractivity contribution in [1.29, 1.82) is 5.26 Å². The highest BCUT2D eigenvalue weighted by Crippen LogP contribution is 2.18. The monoisotopic (exact) mass is 339 g/mol. The Labute approximate surface area is 144 Å². The zero-order valence-corrected chi connectivity index (χ0v) is 14.6. The highest BCUT2D eigenvalue weighted by atomic mass is 32.2. The molecule has 0 fully saturated rings. The zero-order valence-electron chi connectivity index (χ0n) is 13.8. The zero-order chi connectivity index (χ0) is 17.1. The van der Waals surface area contributed by atoms with Gasteiger partial charge in [0, 0.05) is 17.1 Å². The molecule has 0 spiro atoms. The molecule has 0 aliphatic heterocycles. The largest absolute Gasteiger partial charge is 0.493 e. The van der Waals surface area contributed by atoms with Gasteiger partial charge in [-0.3, -0.25) is 0 Å². The molecule has 0 bridgehead atoms. The summed E-state index contributed by atoms with van der Waals surface area (Å²) in [6, 6.07) is 9.16. The van der Waals surface area contributed by atoms with E-state index in [1.165, 1.54) is 11.8 Å². The minimum atomic E-state index is 0.538. The van der Waals surface area contributed by atoms with Gasteiger partial charge in [0.1, 0.15) is 5.75 Å². The molecule has 2 aromatic heterocycles. The molecule has 0 aliphatic rings. The molecule has 0 amide bonds. The Hall–Kier alpha value is -2.59. The molecule has 24 heavy (non-hydrogen) atoms. The van der Waals surface area contributed by atoms with Crippen molar-refractivity contribution in [2.75, 3.05) is 12.4 Å². The minimum Gasteiger partial charge on any atom is -0.493 e. The lowest BCUT2D eigenvalue weighted by atomic mass is 10.2. The molecule has 3 rings (SSSR count). The quantitative estimate of drug-likeness (QED) is 0.525. The molecule has 0 unspecified atom stereocenters. The van der Waals surface area contributed by atoms with Crippen LogP contribution in [0.15, 0.2) is 29.4 Å². The number of rotatable bonds is 5. The van der Waals surface area contributed by atoms with Gasteiger partial charge in [-0.25, -0.2) is 9.50 Å². The van der Waals surface area contributed by atoms with Gasteiger partial charge in [-0.1, -0.05) is 11.8 Å². The van der Waals surface area contributed by atoms with Gasteiger partial charge >= 0.3 is 0 Å². The maximum atomic E-state index is 8.77. The molecule has 7 heteroatoms. The molecule has 0 saturated heterocycles. The van der Waals surface area contributed by atoms with Gasteiger partial charge < -0.3 is 4.74 Å². The first-order valence-corrected chi connectivity index (χ1v) is 8.53. The lowest BCUT2D eigenvalue weighted by Crippen LogP contribution is -2.02. The highest BCUT2D eigenvalue weighted by Gasteiger charge is 2.11. The van der Waals surface area contributed by atoms with Crippen molar-refractivity contribution in [3.8, 4) is 11.8 Å². The summed E-state index contributed by atoms with van der Waals surface area (Å²) >= 11 is 1.53. The second kappa shape index (κ2) is 6.89. The predicted molar refractivity (Wildman–Crippen MR) is 92.4 cm³/mol. The number of benzene rings is 1. The number of aromatic nitrogens is 4. The van der Waals surface area contributed by atoms with Crippen LogP contribution in [0.3, 0.4) is 0 Å². The molecule has 122 valence electrons. The Bertz CT molecular complexity index is 911. The summed E-state index contributed by atoms with van der Waals surface area (Å²) in [5.41, 5.74) is 3.80. The molecular weight excluding hydrogens is 322 g/mol. The molecule has 6 nitrogen and oxygen atoms in total. The van der Waals surface area contributed by atoms with E-state index >= 15 is 0 Å². The summed E-state index contributed by atoms with van der Waals surface area (Å²) in [6.45, 7) is 6.58. The van der Waals surface area contributed by atoms with E-state index in [1.807, 2.05) is 20.8 Å². The van der Waals surface area contributed by atoms with Crippen molar-refractivity contribution in [1.82, 2.24) is 19.6 Å². The second-order valence-electron chi connectivity index (χ2n) is 5.35. The van der Waals surface area contributed by atoms with E-state index in [4.69, 9.17) is 10.00 Å². The van der Waals surface area contributed by atoms with E-state index in [-0.39, 0.29) is 0 Å². The van der Waals surface area contributed by atoms with Gasteiger partial charge in [0.15, 0.2) is 0 Å². The third-order valence-electron chi connectivity index (χ3n) is 3.81. The molecule has 0 saturated carbocycles. The Kier molecular flexibility index (Phi) is 4.67. The third kappa shape index (κ3) is 3.34. The van der Waals surface area contributed by atoms with Crippen molar-refractivity contribution in [3.63, 3.8) is 0 Å². The van der Waals surface area contributed by atoms with Gasteiger partial charge in [-0.05, 0) is 50.6 Å². The summed E-state index contributed by atoms with van der Waals surface area (Å²) < 4.78 is 7.44. The number of nitriles is 1. The van der Waals surface area contributed by atoms with E-state index < -0.39 is 0 Å². The van der Waals surface area contributed by atoms with Crippen LogP contribution in [0.1, 0.15) is 22.5 Å². The number of aryl methyl sites for hydroxylation is 2. The molecule has 0 aliphatic carbocycles. The number of nitrogens with zero attached hydrogens (tertiary/aromatic N) is 5. The summed E-state index contributed by atoms with van der Waals surface area (Å²) in [6.07, 6.45) is 0. The molecule has 2 heterocycles. The van der Waals surface area contributed by atoms with Crippen molar-refractivity contribution in [2.45, 2.75) is 25.9 Å². The van der Waals surface area contributed by atoms with E-state index in [1.54, 1.807) is 28.8 Å². The van der Waals surface area contributed by atoms with E-state index in [0.717, 1.165) is 28.5 Å². The smallest absolute Gasteiger partial charge is 0.253 e. The summed E-state index contributed by atoms with van der Waals surface area (Å²) in [4.78, 5) is 8.92. The van der Waals surface area contributed by atoms with Crippen molar-refractivity contribution < 1.29 is 4.74 Å². The molecule has 0 N–H and O–H groups in total. The van der Waals surface area contributed by atoms with Crippen molar-refractivity contribution in [3.05, 3.63) is 46.8 Å². The summed E-state index contributed by atoms with van der Waals surface area (Å²) in [5.74, 6) is 2.11. The van der Waals surface area contributed by atoms with Crippen LogP contribution in [0.2, 0.25) is 0 Å². The number of fused-ring (bicyclic) bond motifs is 1. The fourth-order valence-electron chi connectivity index (χ4n) is 2.22. The van der Waals surface area contributed by atoms with E-state index in [9.17, 15) is 0 Å². The first-order chi connectivity index (χ1) is 11.6. The van der Waals surface area contributed by atoms with Crippen molar-refractivity contribution >= 4 is 17.5 Å². The van der Waals surface area contributed by atoms with Crippen LogP contribution in [-0.2, 0) is 0 Å². The van der Waals surface area contributed by atoms with Crippen LogP contribution in [0.5, 0.6) is 5.75 Å². The normalized spacial score (nSPS) is 10.8. The average molecular weight is 339 g/mol. The van der Waals surface area contributed by atoms with Gasteiger partial charge in [0.05, 0.1) is 18.2 Å². The Balaban J connectivity index is 1.59.